The fourth-order valence-electron chi connectivity index (χ4n) is 2.90. The van der Waals surface area contributed by atoms with Crippen molar-refractivity contribution in [2.45, 2.75) is 57.1 Å². The number of urea groups is 1. The SMILES string of the molecule is COc1cccc(C(C)(C)CNC(=O)NC2CCC(O)CC2)c1. The summed E-state index contributed by atoms with van der Waals surface area (Å²) >= 11 is 0. The molecule has 0 aliphatic heterocycles. The van der Waals surface area contributed by atoms with E-state index < -0.39 is 0 Å². The van der Waals surface area contributed by atoms with E-state index in [2.05, 4.69) is 24.5 Å². The molecule has 5 heteroatoms. The van der Waals surface area contributed by atoms with Gasteiger partial charge in [-0.05, 0) is 43.4 Å². The maximum absolute atomic E-state index is 12.1. The molecule has 1 fully saturated rings. The van der Waals surface area contributed by atoms with Crippen LogP contribution in [-0.4, -0.2) is 36.9 Å². The van der Waals surface area contributed by atoms with Crippen molar-refractivity contribution in [3.63, 3.8) is 0 Å². The minimum atomic E-state index is -0.205. The molecule has 5 nitrogen and oxygen atoms in total. The Labute approximate surface area is 138 Å². The van der Waals surface area contributed by atoms with Gasteiger partial charge >= 0.3 is 6.03 Å². The molecule has 1 aliphatic rings. The Morgan fingerprint density at radius 3 is 2.65 bits per heavy atom. The summed E-state index contributed by atoms with van der Waals surface area (Å²) in [4.78, 5) is 12.1. The fraction of sp³-hybridized carbons (Fsp3) is 0.611. The summed E-state index contributed by atoms with van der Waals surface area (Å²) in [7, 11) is 1.65. The number of hydrogen-bond donors (Lipinski definition) is 3. The lowest BCUT2D eigenvalue weighted by Gasteiger charge is -2.29. The number of carbonyl (C=O) groups is 1. The van der Waals surface area contributed by atoms with Crippen LogP contribution in [0.4, 0.5) is 4.79 Å². The maximum Gasteiger partial charge on any atom is 0.315 e. The van der Waals surface area contributed by atoms with Crippen LogP contribution in [0.25, 0.3) is 0 Å². The first-order chi connectivity index (χ1) is 10.9. The van der Waals surface area contributed by atoms with E-state index in [-0.39, 0.29) is 23.6 Å². The average Bonchev–Trinajstić information content (AvgIpc) is 2.55. The summed E-state index contributed by atoms with van der Waals surface area (Å²) in [6, 6.07) is 7.95. The quantitative estimate of drug-likeness (QED) is 0.781. The molecular formula is C18H28N2O3. The van der Waals surface area contributed by atoms with E-state index in [9.17, 15) is 9.90 Å². The summed E-state index contributed by atoms with van der Waals surface area (Å²) in [5.74, 6) is 0.820. The molecule has 3 N–H and O–H groups in total. The van der Waals surface area contributed by atoms with E-state index in [1.165, 1.54) is 0 Å². The summed E-state index contributed by atoms with van der Waals surface area (Å²) < 4.78 is 5.26. The number of nitrogens with one attached hydrogen (secondary N) is 2. The number of ether oxygens (including phenoxy) is 1. The van der Waals surface area contributed by atoms with Gasteiger partial charge in [0.25, 0.3) is 0 Å². The van der Waals surface area contributed by atoms with Crippen LogP contribution in [0, 0.1) is 0 Å². The van der Waals surface area contributed by atoms with Gasteiger partial charge in [-0.3, -0.25) is 0 Å². The molecule has 0 saturated heterocycles. The van der Waals surface area contributed by atoms with Crippen molar-refractivity contribution in [1.29, 1.82) is 0 Å². The second kappa shape index (κ2) is 7.68. The highest BCUT2D eigenvalue weighted by Crippen LogP contribution is 2.25. The maximum atomic E-state index is 12.1. The molecule has 128 valence electrons. The Balaban J connectivity index is 1.84. The highest BCUT2D eigenvalue weighted by molar-refractivity contribution is 5.74. The molecule has 0 spiro atoms. The molecule has 0 aromatic heterocycles. The third-order valence-corrected chi connectivity index (χ3v) is 4.57. The van der Waals surface area contributed by atoms with Crippen molar-refractivity contribution in [1.82, 2.24) is 10.6 Å². The lowest BCUT2D eigenvalue weighted by Crippen LogP contribution is -2.47. The van der Waals surface area contributed by atoms with Crippen molar-refractivity contribution in [3.8, 4) is 5.75 Å². The molecule has 0 atom stereocenters. The van der Waals surface area contributed by atoms with Crippen molar-refractivity contribution in [2.75, 3.05) is 13.7 Å². The molecule has 0 unspecified atom stereocenters. The zero-order valence-corrected chi connectivity index (χ0v) is 14.3. The molecule has 2 rings (SSSR count). The zero-order chi connectivity index (χ0) is 16.9. The Hall–Kier alpha value is -1.75. The highest BCUT2D eigenvalue weighted by atomic mass is 16.5. The standard InChI is InChI=1S/C18H28N2O3/c1-18(2,13-5-4-6-16(11-13)23-3)12-19-17(22)20-14-7-9-15(21)10-8-14/h4-6,11,14-15,21H,7-10,12H2,1-3H3,(H2,19,20,22). The van der Waals surface area contributed by atoms with E-state index >= 15 is 0 Å². The molecule has 1 saturated carbocycles. The third kappa shape index (κ3) is 5.13. The number of rotatable bonds is 5. The second-order valence-corrected chi connectivity index (χ2v) is 6.95. The normalized spacial score (nSPS) is 21.6. The van der Waals surface area contributed by atoms with Gasteiger partial charge < -0.3 is 20.5 Å². The number of methoxy groups -OCH3 is 1. The lowest BCUT2D eigenvalue weighted by atomic mass is 9.84. The van der Waals surface area contributed by atoms with Crippen LogP contribution in [-0.2, 0) is 5.41 Å². The number of amides is 2. The van der Waals surface area contributed by atoms with Crippen LogP contribution in [0.1, 0.15) is 45.1 Å². The van der Waals surface area contributed by atoms with Crippen molar-refractivity contribution < 1.29 is 14.6 Å². The highest BCUT2D eigenvalue weighted by Gasteiger charge is 2.24. The number of carbonyl (C=O) groups excluding carboxylic acids is 1. The van der Waals surface area contributed by atoms with Gasteiger partial charge in [0, 0.05) is 18.0 Å². The van der Waals surface area contributed by atoms with E-state index in [1.807, 2.05) is 24.3 Å². The summed E-state index contributed by atoms with van der Waals surface area (Å²) in [5.41, 5.74) is 0.937. The van der Waals surface area contributed by atoms with E-state index in [1.54, 1.807) is 7.11 Å². The Kier molecular flexibility index (Phi) is 5.88. The number of hydrogen-bond acceptors (Lipinski definition) is 3. The van der Waals surface area contributed by atoms with Gasteiger partial charge in [0.2, 0.25) is 0 Å². The number of aliphatic hydroxyl groups excluding tert-OH is 1. The predicted molar refractivity (Wildman–Crippen MR) is 90.8 cm³/mol. The molecule has 1 aliphatic carbocycles. The first-order valence-corrected chi connectivity index (χ1v) is 8.27. The number of benzene rings is 1. The summed E-state index contributed by atoms with van der Waals surface area (Å²) in [5, 5.41) is 15.5. The topological polar surface area (TPSA) is 70.6 Å². The van der Waals surface area contributed by atoms with Gasteiger partial charge in [0.05, 0.1) is 13.2 Å². The van der Waals surface area contributed by atoms with Crippen molar-refractivity contribution in [2.24, 2.45) is 0 Å². The van der Waals surface area contributed by atoms with E-state index in [0.29, 0.717) is 6.54 Å². The van der Waals surface area contributed by atoms with Crippen molar-refractivity contribution in [3.05, 3.63) is 29.8 Å². The minimum Gasteiger partial charge on any atom is -0.497 e. The van der Waals surface area contributed by atoms with Gasteiger partial charge in [-0.2, -0.15) is 0 Å². The Morgan fingerprint density at radius 2 is 2.00 bits per heavy atom. The average molecular weight is 320 g/mol. The van der Waals surface area contributed by atoms with Crippen molar-refractivity contribution >= 4 is 6.03 Å². The van der Waals surface area contributed by atoms with E-state index in [0.717, 1.165) is 37.0 Å². The first-order valence-electron chi connectivity index (χ1n) is 8.27. The Bertz CT molecular complexity index is 523. The van der Waals surface area contributed by atoms with Crippen LogP contribution >= 0.6 is 0 Å². The first kappa shape index (κ1) is 17.6. The van der Waals surface area contributed by atoms with Crippen LogP contribution in [0.15, 0.2) is 24.3 Å². The largest absolute Gasteiger partial charge is 0.497 e. The summed E-state index contributed by atoms with van der Waals surface area (Å²) in [6.45, 7) is 4.74. The molecule has 1 aromatic rings. The fourth-order valence-corrected chi connectivity index (χ4v) is 2.90. The van der Waals surface area contributed by atoms with Gasteiger partial charge in [-0.25, -0.2) is 4.79 Å². The van der Waals surface area contributed by atoms with Crippen LogP contribution in [0.3, 0.4) is 0 Å². The van der Waals surface area contributed by atoms with E-state index in [4.69, 9.17) is 4.74 Å². The van der Waals surface area contributed by atoms with Crippen LogP contribution in [0.5, 0.6) is 5.75 Å². The van der Waals surface area contributed by atoms with Crippen LogP contribution in [0.2, 0.25) is 0 Å². The smallest absolute Gasteiger partial charge is 0.315 e. The second-order valence-electron chi connectivity index (χ2n) is 6.95. The zero-order valence-electron chi connectivity index (χ0n) is 14.3. The minimum absolute atomic E-state index is 0.137. The summed E-state index contributed by atoms with van der Waals surface area (Å²) in [6.07, 6.45) is 3.01. The molecule has 0 radical (unpaired) electrons. The van der Waals surface area contributed by atoms with Gasteiger partial charge in [0.15, 0.2) is 0 Å². The molecule has 23 heavy (non-hydrogen) atoms. The van der Waals surface area contributed by atoms with Gasteiger partial charge in [-0.15, -0.1) is 0 Å². The predicted octanol–water partition coefficient (Wildman–Crippen LogP) is 2.58. The Morgan fingerprint density at radius 1 is 1.30 bits per heavy atom. The molecule has 1 aromatic carbocycles. The lowest BCUT2D eigenvalue weighted by molar-refractivity contribution is 0.117. The van der Waals surface area contributed by atoms with Crippen LogP contribution < -0.4 is 15.4 Å². The number of aliphatic hydroxyl groups is 1. The molecule has 0 heterocycles. The molecule has 0 bridgehead atoms. The third-order valence-electron chi connectivity index (χ3n) is 4.57. The van der Waals surface area contributed by atoms with Gasteiger partial charge in [-0.1, -0.05) is 26.0 Å². The molecule has 2 amide bonds. The van der Waals surface area contributed by atoms with Gasteiger partial charge in [0.1, 0.15) is 5.75 Å². The molecular weight excluding hydrogens is 292 g/mol. The monoisotopic (exact) mass is 320 g/mol.